The lowest BCUT2D eigenvalue weighted by Gasteiger charge is -2.29. The molecular formula is C21H33NO11. The van der Waals surface area contributed by atoms with Crippen molar-refractivity contribution in [2.24, 2.45) is 11.8 Å². The van der Waals surface area contributed by atoms with Gasteiger partial charge < -0.3 is 42.7 Å². The zero-order chi connectivity index (χ0) is 24.3. The van der Waals surface area contributed by atoms with Crippen LogP contribution in [0, 0.1) is 5.92 Å². The number of carbonyl (C=O) groups is 2. The molecule has 12 nitrogen and oxygen atoms in total. The molecule has 4 fully saturated rings. The van der Waals surface area contributed by atoms with Crippen molar-refractivity contribution in [3.63, 3.8) is 0 Å². The lowest BCUT2D eigenvalue weighted by molar-refractivity contribution is -0.233. The second kappa shape index (κ2) is 8.38. The summed E-state index contributed by atoms with van der Waals surface area (Å²) in [5.74, 6) is 1.37. The van der Waals surface area contributed by atoms with Gasteiger partial charge >= 0.3 is 11.9 Å². The lowest BCUT2D eigenvalue weighted by Crippen LogP contribution is -2.47. The Kier molecular flexibility index (Phi) is 6.28. The third kappa shape index (κ3) is 5.03. The topological polar surface area (TPSA) is 143 Å². The van der Waals surface area contributed by atoms with Gasteiger partial charge in [0, 0.05) is 0 Å². The first-order valence-electron chi connectivity index (χ1n) is 11.0. The van der Waals surface area contributed by atoms with Gasteiger partial charge in [0.15, 0.2) is 48.6 Å². The third-order valence-corrected chi connectivity index (χ3v) is 5.58. The molecule has 0 aliphatic carbocycles. The average Bonchev–Trinajstić information content (AvgIpc) is 3.31. The average molecular weight is 475 g/mol. The van der Waals surface area contributed by atoms with Crippen molar-refractivity contribution in [2.45, 2.75) is 109 Å². The van der Waals surface area contributed by atoms with Gasteiger partial charge in [-0.3, -0.25) is 0 Å². The Morgan fingerprint density at radius 2 is 1.39 bits per heavy atom. The third-order valence-electron chi connectivity index (χ3n) is 5.58. The first kappa shape index (κ1) is 24.7. The van der Waals surface area contributed by atoms with Gasteiger partial charge in [0.05, 0.1) is 12.5 Å². The second-order valence-corrected chi connectivity index (χ2v) is 10.5. The van der Waals surface area contributed by atoms with Crippen LogP contribution in [0.5, 0.6) is 0 Å². The number of rotatable bonds is 5. The predicted octanol–water partition coefficient (Wildman–Crippen LogP) is 0.499. The lowest BCUT2D eigenvalue weighted by atomic mass is 9.99. The van der Waals surface area contributed by atoms with Gasteiger partial charge in [-0.25, -0.2) is 15.5 Å². The maximum atomic E-state index is 13.2. The van der Waals surface area contributed by atoms with Crippen LogP contribution in [0.4, 0.5) is 0 Å². The SMILES string of the molecule is CC(C)(C)OC(=O)[C@H]1O[C@@H]2OC(C)(C)O[C@@H]2[C@@H]1OC(=O)[C@H]1O[C@@H]2OC(C)(C)O[C@@H]2[C@@H]1CON. The van der Waals surface area contributed by atoms with E-state index in [1.165, 1.54) is 0 Å². The smallest absolute Gasteiger partial charge is 0.339 e. The molecule has 188 valence electrons. The van der Waals surface area contributed by atoms with E-state index in [0.717, 1.165) is 0 Å². The van der Waals surface area contributed by atoms with Crippen molar-refractivity contribution in [2.75, 3.05) is 6.61 Å². The fraction of sp³-hybridized carbons (Fsp3) is 0.905. The molecule has 4 aliphatic rings. The number of ether oxygens (including phenoxy) is 8. The van der Waals surface area contributed by atoms with E-state index in [1.807, 2.05) is 0 Å². The van der Waals surface area contributed by atoms with E-state index in [0.29, 0.717) is 0 Å². The standard InChI is InChI=1S/C21H33NO11/c1-19(2,3)31-16(24)13-12(14-18(28-13)33-21(6,7)30-14)26-15(23)10-9(8-25-22)11-17(27-10)32-20(4,5)29-11/h9-14,17-18H,8,22H2,1-7H3/t9-,10+,11-,12-,13+,14-,17-,18-/m1/s1. The van der Waals surface area contributed by atoms with Crippen LogP contribution in [0.2, 0.25) is 0 Å². The summed E-state index contributed by atoms with van der Waals surface area (Å²) in [5, 5.41) is 0. The van der Waals surface area contributed by atoms with Crippen molar-refractivity contribution in [1.82, 2.24) is 0 Å². The Morgan fingerprint density at radius 1 is 0.848 bits per heavy atom. The van der Waals surface area contributed by atoms with E-state index >= 15 is 0 Å². The van der Waals surface area contributed by atoms with Crippen LogP contribution in [-0.4, -0.2) is 78.8 Å². The fourth-order valence-electron chi connectivity index (χ4n) is 4.45. The van der Waals surface area contributed by atoms with Gasteiger partial charge in [-0.05, 0) is 48.5 Å². The number of nitrogens with two attached hydrogens (primary N) is 1. The highest BCUT2D eigenvalue weighted by molar-refractivity contribution is 5.79. The normalized spacial score (nSPS) is 41.0. The fourth-order valence-corrected chi connectivity index (χ4v) is 4.45. The molecule has 12 heteroatoms. The number of esters is 2. The summed E-state index contributed by atoms with van der Waals surface area (Å²) in [7, 11) is 0. The van der Waals surface area contributed by atoms with E-state index in [2.05, 4.69) is 0 Å². The highest BCUT2D eigenvalue weighted by atomic mass is 16.9. The molecule has 0 unspecified atom stereocenters. The second-order valence-electron chi connectivity index (χ2n) is 10.5. The van der Waals surface area contributed by atoms with Crippen LogP contribution in [0.15, 0.2) is 0 Å². The van der Waals surface area contributed by atoms with Crippen LogP contribution in [0.25, 0.3) is 0 Å². The molecule has 0 aromatic heterocycles. The van der Waals surface area contributed by atoms with Crippen molar-refractivity contribution in [1.29, 1.82) is 0 Å². The van der Waals surface area contributed by atoms with Crippen LogP contribution >= 0.6 is 0 Å². The number of carbonyl (C=O) groups excluding carboxylic acids is 2. The Balaban J connectivity index is 1.51. The highest BCUT2D eigenvalue weighted by Crippen LogP contribution is 2.43. The maximum Gasteiger partial charge on any atom is 0.339 e. The van der Waals surface area contributed by atoms with Gasteiger partial charge in [0.2, 0.25) is 0 Å². The molecule has 8 atom stereocenters. The summed E-state index contributed by atoms with van der Waals surface area (Å²) in [4.78, 5) is 30.8. The van der Waals surface area contributed by atoms with Crippen LogP contribution in [-0.2, 0) is 52.3 Å². The molecule has 0 amide bonds. The van der Waals surface area contributed by atoms with Crippen molar-refractivity contribution in [3.05, 3.63) is 0 Å². The number of hydrogen-bond donors (Lipinski definition) is 1. The van der Waals surface area contributed by atoms with E-state index in [1.54, 1.807) is 48.5 Å². The minimum Gasteiger partial charge on any atom is -0.458 e. The molecule has 4 saturated heterocycles. The van der Waals surface area contributed by atoms with E-state index in [4.69, 9.17) is 48.6 Å². The van der Waals surface area contributed by atoms with Gasteiger partial charge in [0.25, 0.3) is 0 Å². The van der Waals surface area contributed by atoms with Gasteiger partial charge in [-0.15, -0.1) is 0 Å². The molecule has 0 saturated carbocycles. The Hall–Kier alpha value is -1.38. The van der Waals surface area contributed by atoms with Gasteiger partial charge in [0.1, 0.15) is 11.7 Å². The zero-order valence-electron chi connectivity index (χ0n) is 19.9. The highest BCUT2D eigenvalue weighted by Gasteiger charge is 2.62. The molecule has 0 bridgehead atoms. The Morgan fingerprint density at radius 3 is 1.97 bits per heavy atom. The molecule has 0 spiro atoms. The van der Waals surface area contributed by atoms with Crippen molar-refractivity contribution in [3.8, 4) is 0 Å². The van der Waals surface area contributed by atoms with Gasteiger partial charge in [-0.2, -0.15) is 0 Å². The van der Waals surface area contributed by atoms with Crippen LogP contribution in [0.1, 0.15) is 48.5 Å². The van der Waals surface area contributed by atoms with Gasteiger partial charge in [-0.1, -0.05) is 0 Å². The first-order valence-corrected chi connectivity index (χ1v) is 11.0. The molecule has 4 aliphatic heterocycles. The maximum absolute atomic E-state index is 13.2. The Bertz CT molecular complexity index is 779. The molecule has 33 heavy (non-hydrogen) atoms. The van der Waals surface area contributed by atoms with E-state index in [-0.39, 0.29) is 6.61 Å². The van der Waals surface area contributed by atoms with Crippen molar-refractivity contribution < 1.29 is 52.3 Å². The molecule has 4 heterocycles. The summed E-state index contributed by atoms with van der Waals surface area (Å²) in [6, 6.07) is 0. The largest absolute Gasteiger partial charge is 0.458 e. The summed E-state index contributed by atoms with van der Waals surface area (Å²) in [5.41, 5.74) is -0.773. The first-order chi connectivity index (χ1) is 15.2. The summed E-state index contributed by atoms with van der Waals surface area (Å²) < 4.78 is 45.9. The quantitative estimate of drug-likeness (QED) is 0.437. The summed E-state index contributed by atoms with van der Waals surface area (Å²) in [6.07, 6.45) is -6.59. The Labute approximate surface area is 192 Å². The molecular weight excluding hydrogens is 442 g/mol. The molecule has 2 N–H and O–H groups in total. The number of hydrogen-bond acceptors (Lipinski definition) is 12. The summed E-state index contributed by atoms with van der Waals surface area (Å²) >= 11 is 0. The van der Waals surface area contributed by atoms with Crippen LogP contribution in [0.3, 0.4) is 0 Å². The van der Waals surface area contributed by atoms with Crippen molar-refractivity contribution >= 4 is 11.9 Å². The predicted molar refractivity (Wildman–Crippen MR) is 107 cm³/mol. The molecule has 0 radical (unpaired) electrons. The monoisotopic (exact) mass is 475 g/mol. The minimum absolute atomic E-state index is 0.0320. The molecule has 0 aromatic rings. The molecule has 0 aromatic carbocycles. The van der Waals surface area contributed by atoms with E-state index < -0.39 is 78.1 Å². The van der Waals surface area contributed by atoms with Crippen LogP contribution < -0.4 is 5.90 Å². The zero-order valence-corrected chi connectivity index (χ0v) is 19.9. The summed E-state index contributed by atoms with van der Waals surface area (Å²) in [6.45, 7) is 12.0. The number of fused-ring (bicyclic) bond motifs is 2. The minimum atomic E-state index is -1.24. The van der Waals surface area contributed by atoms with E-state index in [9.17, 15) is 9.59 Å². The molecule has 4 rings (SSSR count).